The number of carbonyl (C=O) groups is 1. The molecule has 0 bridgehead atoms. The number of aromatic amines is 1. The number of H-pyrrole nitrogens is 1. The number of nitrogens with one attached hydrogen (secondary N) is 3. The minimum atomic E-state index is -0.329. The standard InChI is InChI=1S/C22H21N5O2/c1-29-17-5-2-4-16(12-17)26-22(28)25-15-9-7-14(8-10-15)20-18-6-3-11-24-21(18)27-19(20)13-23/h2-12H,13,23H2,1H3,(H,24,27)(H2,25,26,28). The Morgan fingerprint density at radius 2 is 1.86 bits per heavy atom. The molecule has 4 aromatic rings. The molecule has 0 aliphatic carbocycles. The number of rotatable bonds is 5. The highest BCUT2D eigenvalue weighted by Gasteiger charge is 2.13. The summed E-state index contributed by atoms with van der Waals surface area (Å²) in [6.45, 7) is 0.384. The number of methoxy groups -OCH3 is 1. The van der Waals surface area contributed by atoms with Crippen molar-refractivity contribution in [1.29, 1.82) is 0 Å². The largest absolute Gasteiger partial charge is 0.497 e. The zero-order valence-corrected chi connectivity index (χ0v) is 15.9. The molecule has 5 N–H and O–H groups in total. The van der Waals surface area contributed by atoms with Gasteiger partial charge in [-0.1, -0.05) is 18.2 Å². The molecule has 0 aliphatic rings. The molecule has 0 aliphatic heterocycles. The molecule has 7 nitrogen and oxygen atoms in total. The summed E-state index contributed by atoms with van der Waals surface area (Å²) in [5, 5.41) is 6.64. The summed E-state index contributed by atoms with van der Waals surface area (Å²) in [6.07, 6.45) is 1.75. The summed E-state index contributed by atoms with van der Waals surface area (Å²) in [4.78, 5) is 19.9. The number of urea groups is 1. The SMILES string of the molecule is COc1cccc(NC(=O)Nc2ccc(-c3c(CN)[nH]c4ncccc34)cc2)c1. The number of hydrogen-bond donors (Lipinski definition) is 4. The first kappa shape index (κ1) is 18.5. The minimum absolute atomic E-state index is 0.329. The summed E-state index contributed by atoms with van der Waals surface area (Å²) in [5.41, 5.74) is 11.0. The first-order valence-corrected chi connectivity index (χ1v) is 9.16. The Morgan fingerprint density at radius 1 is 1.07 bits per heavy atom. The van der Waals surface area contributed by atoms with Gasteiger partial charge >= 0.3 is 6.03 Å². The number of ether oxygens (including phenoxy) is 1. The van der Waals surface area contributed by atoms with E-state index in [2.05, 4.69) is 20.6 Å². The van der Waals surface area contributed by atoms with Crippen LogP contribution >= 0.6 is 0 Å². The molecule has 2 aromatic heterocycles. The second kappa shape index (κ2) is 8.04. The van der Waals surface area contributed by atoms with Crippen molar-refractivity contribution < 1.29 is 9.53 Å². The first-order valence-electron chi connectivity index (χ1n) is 9.16. The van der Waals surface area contributed by atoms with Gasteiger partial charge in [-0.15, -0.1) is 0 Å². The predicted octanol–water partition coefficient (Wildman–Crippen LogP) is 4.34. The van der Waals surface area contributed by atoms with Crippen LogP contribution in [0.4, 0.5) is 16.2 Å². The molecule has 0 radical (unpaired) electrons. The average molecular weight is 387 g/mol. The Balaban J connectivity index is 1.52. The highest BCUT2D eigenvalue weighted by Crippen LogP contribution is 2.32. The van der Waals surface area contributed by atoms with Crippen LogP contribution in [0.1, 0.15) is 5.69 Å². The average Bonchev–Trinajstić information content (AvgIpc) is 3.13. The van der Waals surface area contributed by atoms with Crippen LogP contribution in [0.2, 0.25) is 0 Å². The van der Waals surface area contributed by atoms with E-state index in [-0.39, 0.29) is 6.03 Å². The number of amides is 2. The molecule has 7 heteroatoms. The van der Waals surface area contributed by atoms with Crippen molar-refractivity contribution in [1.82, 2.24) is 9.97 Å². The Kier molecular flexibility index (Phi) is 5.13. The van der Waals surface area contributed by atoms with Crippen LogP contribution in [0, 0.1) is 0 Å². The summed E-state index contributed by atoms with van der Waals surface area (Å²) < 4.78 is 5.17. The van der Waals surface area contributed by atoms with Gasteiger partial charge in [-0.2, -0.15) is 0 Å². The summed E-state index contributed by atoms with van der Waals surface area (Å²) in [5.74, 6) is 0.677. The third-order valence-electron chi connectivity index (χ3n) is 4.61. The van der Waals surface area contributed by atoms with Crippen molar-refractivity contribution >= 4 is 28.4 Å². The lowest BCUT2D eigenvalue weighted by Gasteiger charge is -2.10. The number of fused-ring (bicyclic) bond motifs is 1. The van der Waals surface area contributed by atoms with E-state index in [1.807, 2.05) is 48.5 Å². The smallest absolute Gasteiger partial charge is 0.323 e. The van der Waals surface area contributed by atoms with E-state index in [0.29, 0.717) is 23.7 Å². The lowest BCUT2D eigenvalue weighted by molar-refractivity contribution is 0.262. The molecule has 0 unspecified atom stereocenters. The van der Waals surface area contributed by atoms with Crippen LogP contribution in [0.25, 0.3) is 22.2 Å². The summed E-state index contributed by atoms with van der Waals surface area (Å²) in [7, 11) is 1.58. The number of anilines is 2. The maximum Gasteiger partial charge on any atom is 0.323 e. The van der Waals surface area contributed by atoms with Crippen molar-refractivity contribution in [3.63, 3.8) is 0 Å². The second-order valence-electron chi connectivity index (χ2n) is 6.47. The van der Waals surface area contributed by atoms with Crippen LogP contribution in [0.3, 0.4) is 0 Å². The number of hydrogen-bond acceptors (Lipinski definition) is 4. The lowest BCUT2D eigenvalue weighted by Crippen LogP contribution is -2.19. The molecule has 146 valence electrons. The lowest BCUT2D eigenvalue weighted by atomic mass is 10.0. The first-order chi connectivity index (χ1) is 14.2. The van der Waals surface area contributed by atoms with Gasteiger partial charge in [0.15, 0.2) is 0 Å². The summed E-state index contributed by atoms with van der Waals surface area (Å²) in [6, 6.07) is 18.4. The van der Waals surface area contributed by atoms with Gasteiger partial charge in [0, 0.05) is 46.8 Å². The predicted molar refractivity (Wildman–Crippen MR) is 115 cm³/mol. The van der Waals surface area contributed by atoms with Gasteiger partial charge in [0.2, 0.25) is 0 Å². The fraction of sp³-hybridized carbons (Fsp3) is 0.0909. The van der Waals surface area contributed by atoms with E-state index in [1.54, 1.807) is 25.4 Å². The normalized spacial score (nSPS) is 10.7. The van der Waals surface area contributed by atoms with Gasteiger partial charge in [0.05, 0.1) is 7.11 Å². The maximum atomic E-state index is 12.3. The van der Waals surface area contributed by atoms with Gasteiger partial charge in [-0.05, 0) is 42.0 Å². The molecule has 0 fully saturated rings. The Labute approximate surface area is 167 Å². The molecule has 0 saturated heterocycles. The van der Waals surface area contributed by atoms with Crippen LogP contribution in [-0.2, 0) is 6.54 Å². The maximum absolute atomic E-state index is 12.3. The minimum Gasteiger partial charge on any atom is -0.497 e. The van der Waals surface area contributed by atoms with Crippen LogP contribution in [0.5, 0.6) is 5.75 Å². The molecule has 4 rings (SSSR count). The van der Waals surface area contributed by atoms with Gasteiger partial charge in [-0.25, -0.2) is 9.78 Å². The van der Waals surface area contributed by atoms with E-state index in [1.165, 1.54) is 0 Å². The highest BCUT2D eigenvalue weighted by molar-refractivity contribution is 6.00. The van der Waals surface area contributed by atoms with E-state index >= 15 is 0 Å². The fourth-order valence-corrected chi connectivity index (χ4v) is 3.27. The number of nitrogens with zero attached hydrogens (tertiary/aromatic N) is 1. The van der Waals surface area contributed by atoms with Crippen molar-refractivity contribution in [2.75, 3.05) is 17.7 Å². The zero-order chi connectivity index (χ0) is 20.2. The Morgan fingerprint density at radius 3 is 2.62 bits per heavy atom. The van der Waals surface area contributed by atoms with E-state index in [0.717, 1.165) is 27.9 Å². The Hall–Kier alpha value is -3.84. The fourth-order valence-electron chi connectivity index (χ4n) is 3.27. The number of nitrogens with two attached hydrogens (primary N) is 1. The van der Waals surface area contributed by atoms with E-state index in [4.69, 9.17) is 10.5 Å². The van der Waals surface area contributed by atoms with Gasteiger partial charge in [0.1, 0.15) is 11.4 Å². The third kappa shape index (κ3) is 3.90. The number of aromatic nitrogens is 2. The Bertz CT molecular complexity index is 1150. The molecule has 29 heavy (non-hydrogen) atoms. The monoisotopic (exact) mass is 387 g/mol. The number of pyridine rings is 1. The molecular weight excluding hydrogens is 366 g/mol. The van der Waals surface area contributed by atoms with Crippen molar-refractivity contribution in [3.8, 4) is 16.9 Å². The highest BCUT2D eigenvalue weighted by atomic mass is 16.5. The van der Waals surface area contributed by atoms with Gasteiger partial charge in [-0.3, -0.25) is 0 Å². The van der Waals surface area contributed by atoms with E-state index in [9.17, 15) is 4.79 Å². The molecule has 2 heterocycles. The van der Waals surface area contributed by atoms with Crippen molar-refractivity contribution in [2.24, 2.45) is 5.73 Å². The second-order valence-corrected chi connectivity index (χ2v) is 6.47. The van der Waals surface area contributed by atoms with Crippen molar-refractivity contribution in [2.45, 2.75) is 6.54 Å². The van der Waals surface area contributed by atoms with Gasteiger partial charge < -0.3 is 26.1 Å². The van der Waals surface area contributed by atoms with Crippen LogP contribution in [0.15, 0.2) is 66.9 Å². The van der Waals surface area contributed by atoms with Crippen LogP contribution < -0.4 is 21.1 Å². The molecular formula is C22H21N5O2. The quantitative estimate of drug-likeness (QED) is 0.409. The molecule has 2 amide bonds. The molecule has 0 atom stereocenters. The topological polar surface area (TPSA) is 105 Å². The third-order valence-corrected chi connectivity index (χ3v) is 4.61. The van der Waals surface area contributed by atoms with Crippen molar-refractivity contribution in [3.05, 3.63) is 72.6 Å². The molecule has 0 spiro atoms. The number of carbonyl (C=O) groups excluding carboxylic acids is 1. The zero-order valence-electron chi connectivity index (χ0n) is 15.9. The van der Waals surface area contributed by atoms with E-state index < -0.39 is 0 Å². The van der Waals surface area contributed by atoms with Gasteiger partial charge in [0.25, 0.3) is 0 Å². The summed E-state index contributed by atoms with van der Waals surface area (Å²) >= 11 is 0. The molecule has 0 saturated carbocycles. The molecule has 2 aromatic carbocycles. The number of benzene rings is 2. The van der Waals surface area contributed by atoms with Crippen LogP contribution in [-0.4, -0.2) is 23.1 Å².